The fourth-order valence-electron chi connectivity index (χ4n) is 2.54. The number of alkyl halides is 2. The molecule has 2 heterocycles. The van der Waals surface area contributed by atoms with Crippen molar-refractivity contribution in [3.63, 3.8) is 0 Å². The van der Waals surface area contributed by atoms with Gasteiger partial charge < -0.3 is 19.5 Å². The standard InChI is InChI=1S/C14H15F2NO6S/c15-14(16)22-11-4-3-9(6-12(11)23-14)17-13(18)8-24(19,20)7-10-2-1-5-21-10/h3-4,6,10H,1-2,5,7-8H2,(H,17,18). The molecule has 1 atom stereocenters. The molecule has 3 rings (SSSR count). The molecule has 0 aliphatic carbocycles. The van der Waals surface area contributed by atoms with Gasteiger partial charge in [0.15, 0.2) is 21.3 Å². The van der Waals surface area contributed by atoms with Crippen LogP contribution in [0.15, 0.2) is 18.2 Å². The first-order chi connectivity index (χ1) is 11.2. The summed E-state index contributed by atoms with van der Waals surface area (Å²) in [7, 11) is -3.63. The van der Waals surface area contributed by atoms with E-state index in [9.17, 15) is 22.0 Å². The highest BCUT2D eigenvalue weighted by Crippen LogP contribution is 2.42. The molecule has 1 amide bonds. The van der Waals surface area contributed by atoms with Crippen molar-refractivity contribution in [3.8, 4) is 11.5 Å². The van der Waals surface area contributed by atoms with Crippen LogP contribution in [0.25, 0.3) is 0 Å². The number of rotatable bonds is 5. The Hall–Kier alpha value is -1.94. The van der Waals surface area contributed by atoms with Gasteiger partial charge in [-0.1, -0.05) is 0 Å². The number of anilines is 1. The van der Waals surface area contributed by atoms with Crippen LogP contribution in [0.5, 0.6) is 11.5 Å². The molecule has 132 valence electrons. The summed E-state index contributed by atoms with van der Waals surface area (Å²) in [6.45, 7) is 0.522. The van der Waals surface area contributed by atoms with Crippen molar-refractivity contribution in [2.45, 2.75) is 25.2 Å². The van der Waals surface area contributed by atoms with Crippen molar-refractivity contribution in [1.29, 1.82) is 0 Å². The number of ether oxygens (including phenoxy) is 3. The summed E-state index contributed by atoms with van der Waals surface area (Å²) in [4.78, 5) is 11.9. The highest BCUT2D eigenvalue weighted by Gasteiger charge is 2.43. The molecule has 1 unspecified atom stereocenters. The summed E-state index contributed by atoms with van der Waals surface area (Å²) in [5.41, 5.74) is 0.132. The van der Waals surface area contributed by atoms with Gasteiger partial charge in [0.2, 0.25) is 5.91 Å². The molecule has 2 aliphatic heterocycles. The number of benzene rings is 1. The molecule has 0 aromatic heterocycles. The number of carbonyl (C=O) groups is 1. The Labute approximate surface area is 136 Å². The Kier molecular flexibility index (Phi) is 4.35. The maximum Gasteiger partial charge on any atom is 0.586 e. The van der Waals surface area contributed by atoms with E-state index < -0.39 is 27.8 Å². The lowest BCUT2D eigenvalue weighted by molar-refractivity contribution is -0.286. The van der Waals surface area contributed by atoms with Gasteiger partial charge in [-0.2, -0.15) is 0 Å². The normalized spacial score (nSPS) is 21.7. The Morgan fingerprint density at radius 1 is 1.29 bits per heavy atom. The van der Waals surface area contributed by atoms with Gasteiger partial charge in [-0.05, 0) is 25.0 Å². The van der Waals surface area contributed by atoms with Crippen LogP contribution in [0.1, 0.15) is 12.8 Å². The van der Waals surface area contributed by atoms with Gasteiger partial charge in [-0.3, -0.25) is 4.79 Å². The van der Waals surface area contributed by atoms with Gasteiger partial charge in [-0.25, -0.2) is 8.42 Å². The molecule has 2 aliphatic rings. The average Bonchev–Trinajstić information content (AvgIpc) is 3.02. The maximum atomic E-state index is 12.9. The Balaban J connectivity index is 1.59. The van der Waals surface area contributed by atoms with E-state index in [-0.39, 0.29) is 29.0 Å². The first-order valence-electron chi connectivity index (χ1n) is 7.24. The highest BCUT2D eigenvalue weighted by atomic mass is 32.2. The van der Waals surface area contributed by atoms with Crippen molar-refractivity contribution in [3.05, 3.63) is 18.2 Å². The van der Waals surface area contributed by atoms with Crippen LogP contribution in [-0.2, 0) is 19.4 Å². The van der Waals surface area contributed by atoms with Crippen LogP contribution >= 0.6 is 0 Å². The second kappa shape index (κ2) is 6.17. The predicted molar refractivity (Wildman–Crippen MR) is 78.9 cm³/mol. The lowest BCUT2D eigenvalue weighted by Gasteiger charge is -2.10. The lowest BCUT2D eigenvalue weighted by Crippen LogP contribution is -2.29. The van der Waals surface area contributed by atoms with E-state index in [1.807, 2.05) is 0 Å². The predicted octanol–water partition coefficient (Wildman–Crippen LogP) is 1.54. The molecule has 0 radical (unpaired) electrons. The number of hydrogen-bond donors (Lipinski definition) is 1. The van der Waals surface area contributed by atoms with Crippen molar-refractivity contribution in [2.24, 2.45) is 0 Å². The molecule has 0 spiro atoms. The first kappa shape index (κ1) is 16.9. The minimum atomic E-state index is -3.75. The zero-order chi connectivity index (χ0) is 17.4. The summed E-state index contributed by atoms with van der Waals surface area (Å²) >= 11 is 0. The third kappa shape index (κ3) is 4.12. The summed E-state index contributed by atoms with van der Waals surface area (Å²) in [5.74, 6) is -2.09. The van der Waals surface area contributed by atoms with Gasteiger partial charge in [0.25, 0.3) is 0 Å². The van der Waals surface area contributed by atoms with Gasteiger partial charge in [0, 0.05) is 18.4 Å². The zero-order valence-corrected chi connectivity index (χ0v) is 13.3. The molecule has 1 aromatic rings. The molecule has 10 heteroatoms. The number of fused-ring (bicyclic) bond motifs is 1. The molecule has 1 aromatic carbocycles. The fraction of sp³-hybridized carbons (Fsp3) is 0.500. The lowest BCUT2D eigenvalue weighted by atomic mass is 10.3. The topological polar surface area (TPSA) is 90.9 Å². The van der Waals surface area contributed by atoms with Crippen molar-refractivity contribution in [2.75, 3.05) is 23.4 Å². The Bertz CT molecular complexity index is 746. The Morgan fingerprint density at radius 3 is 2.75 bits per heavy atom. The fourth-order valence-corrected chi connectivity index (χ4v) is 3.96. The molecular formula is C14H15F2NO6S. The Morgan fingerprint density at radius 2 is 2.04 bits per heavy atom. The summed E-state index contributed by atoms with van der Waals surface area (Å²) in [6.07, 6.45) is -2.68. The van der Waals surface area contributed by atoms with Crippen LogP contribution in [-0.4, -0.2) is 44.8 Å². The monoisotopic (exact) mass is 363 g/mol. The number of hydrogen-bond acceptors (Lipinski definition) is 6. The summed E-state index contributed by atoms with van der Waals surface area (Å²) in [6, 6.07) is 3.65. The van der Waals surface area contributed by atoms with Gasteiger partial charge in [0.05, 0.1) is 11.9 Å². The third-order valence-electron chi connectivity index (χ3n) is 3.50. The molecule has 1 N–H and O–H groups in total. The van der Waals surface area contributed by atoms with Gasteiger partial charge in [0.1, 0.15) is 5.75 Å². The number of sulfone groups is 1. The van der Waals surface area contributed by atoms with Crippen LogP contribution in [0.3, 0.4) is 0 Å². The van der Waals surface area contributed by atoms with E-state index in [0.717, 1.165) is 12.5 Å². The van der Waals surface area contributed by atoms with E-state index in [4.69, 9.17) is 4.74 Å². The van der Waals surface area contributed by atoms with Crippen molar-refractivity contribution >= 4 is 21.4 Å². The van der Waals surface area contributed by atoms with E-state index in [1.165, 1.54) is 12.1 Å². The maximum absolute atomic E-state index is 12.9. The van der Waals surface area contributed by atoms with Crippen molar-refractivity contribution in [1.82, 2.24) is 0 Å². The number of nitrogens with one attached hydrogen (secondary N) is 1. The summed E-state index contributed by atoms with van der Waals surface area (Å²) < 4.78 is 63.5. The van der Waals surface area contributed by atoms with Crippen LogP contribution in [0.4, 0.5) is 14.5 Å². The van der Waals surface area contributed by atoms with E-state index in [0.29, 0.717) is 13.0 Å². The van der Waals surface area contributed by atoms with Crippen LogP contribution in [0, 0.1) is 0 Å². The highest BCUT2D eigenvalue weighted by molar-refractivity contribution is 7.92. The largest absolute Gasteiger partial charge is 0.586 e. The molecule has 7 nitrogen and oxygen atoms in total. The smallest absolute Gasteiger partial charge is 0.395 e. The van der Waals surface area contributed by atoms with Gasteiger partial charge >= 0.3 is 6.29 Å². The second-order valence-corrected chi connectivity index (χ2v) is 7.68. The van der Waals surface area contributed by atoms with Crippen LogP contribution in [0.2, 0.25) is 0 Å². The second-order valence-electron chi connectivity index (χ2n) is 5.57. The zero-order valence-electron chi connectivity index (χ0n) is 12.5. The number of halogens is 2. The van der Waals surface area contributed by atoms with E-state index in [2.05, 4.69) is 14.8 Å². The SMILES string of the molecule is O=C(CS(=O)(=O)CC1CCCO1)Nc1ccc2c(c1)OC(F)(F)O2. The molecule has 0 saturated carbocycles. The minimum Gasteiger partial charge on any atom is -0.395 e. The molecule has 1 saturated heterocycles. The van der Waals surface area contributed by atoms with Crippen LogP contribution < -0.4 is 14.8 Å². The van der Waals surface area contributed by atoms with Crippen molar-refractivity contribution < 1.29 is 36.2 Å². The van der Waals surface area contributed by atoms with Gasteiger partial charge in [-0.15, -0.1) is 8.78 Å². The molecular weight excluding hydrogens is 348 g/mol. The number of amides is 1. The van der Waals surface area contributed by atoms with E-state index >= 15 is 0 Å². The average molecular weight is 363 g/mol. The summed E-state index contributed by atoms with van der Waals surface area (Å²) in [5, 5.41) is 2.34. The molecule has 24 heavy (non-hydrogen) atoms. The number of carbonyl (C=O) groups excluding carboxylic acids is 1. The molecule has 1 fully saturated rings. The molecule has 0 bridgehead atoms. The first-order valence-corrected chi connectivity index (χ1v) is 9.06. The van der Waals surface area contributed by atoms with E-state index in [1.54, 1.807) is 0 Å². The third-order valence-corrected chi connectivity index (χ3v) is 5.08. The quantitative estimate of drug-likeness (QED) is 0.853. The minimum absolute atomic E-state index is 0.132.